The molecule has 3 N–H and O–H groups in total. The van der Waals surface area contributed by atoms with Crippen molar-refractivity contribution >= 4 is 13.7 Å². The molecule has 3 atom stereocenters. The number of phosphoric acid groups is 1. The lowest BCUT2D eigenvalue weighted by molar-refractivity contribution is -0.870. The molecular formula is C67H134N2O6P+. The molecule has 0 fully saturated rings. The summed E-state index contributed by atoms with van der Waals surface area (Å²) >= 11 is 0. The number of nitrogens with one attached hydrogen (secondary N) is 1. The molecule has 0 aliphatic rings. The summed E-state index contributed by atoms with van der Waals surface area (Å²) in [5.74, 6) is -0.179. The lowest BCUT2D eigenvalue weighted by Gasteiger charge is -2.25. The van der Waals surface area contributed by atoms with Crippen molar-refractivity contribution in [1.29, 1.82) is 0 Å². The Hall–Kier alpha value is -1.02. The average molecular weight is 1090 g/mol. The smallest absolute Gasteiger partial charge is 0.387 e. The minimum Gasteiger partial charge on any atom is -0.387 e. The third-order valence-corrected chi connectivity index (χ3v) is 16.7. The number of unbranched alkanes of at least 4 members (excludes halogenated alkanes) is 48. The van der Waals surface area contributed by atoms with Gasteiger partial charge in [0, 0.05) is 6.42 Å². The number of amides is 1. The zero-order chi connectivity index (χ0) is 55.6. The van der Waals surface area contributed by atoms with Crippen LogP contribution in [0.1, 0.15) is 348 Å². The molecular weight excluding hydrogens is 960 g/mol. The summed E-state index contributed by atoms with van der Waals surface area (Å²) in [6.07, 6.45) is 76.3. The second-order valence-electron chi connectivity index (χ2n) is 24.6. The molecule has 0 aromatic rings. The fourth-order valence-corrected chi connectivity index (χ4v) is 11.2. The minimum atomic E-state index is -4.35. The van der Waals surface area contributed by atoms with Gasteiger partial charge in [0.05, 0.1) is 39.9 Å². The van der Waals surface area contributed by atoms with E-state index in [0.717, 1.165) is 38.5 Å². The summed E-state index contributed by atoms with van der Waals surface area (Å²) in [4.78, 5) is 23.3. The number of rotatable bonds is 63. The third kappa shape index (κ3) is 60.6. The van der Waals surface area contributed by atoms with E-state index in [1.165, 1.54) is 289 Å². The Kier molecular flexibility index (Phi) is 57.8. The average Bonchev–Trinajstić information content (AvgIpc) is 3.38. The van der Waals surface area contributed by atoms with Crippen molar-refractivity contribution in [2.45, 2.75) is 360 Å². The first-order valence-electron chi connectivity index (χ1n) is 33.7. The van der Waals surface area contributed by atoms with Crippen LogP contribution in [0, 0.1) is 0 Å². The van der Waals surface area contributed by atoms with Gasteiger partial charge in [-0.05, 0) is 32.1 Å². The van der Waals surface area contributed by atoms with Crippen LogP contribution in [0.5, 0.6) is 0 Å². The standard InChI is InChI=1S/C67H133N2O6P/c1-6-8-10-12-14-16-18-20-22-24-25-26-27-28-29-30-31-32-33-34-35-36-37-38-39-40-41-42-43-45-47-49-51-53-55-57-59-61-67(71)68-65(64-75-76(72,73)74-63-62-69(3,4)5)66(70)60-58-56-54-52-50-48-46-44-23-21-19-17-15-13-11-9-7-2/h50,52,58,60,65-66,70H,6-49,51,53-57,59,61-64H2,1-5H3,(H-,68,71,72,73)/p+1/b52-50+,60-58+. The molecule has 452 valence electrons. The SMILES string of the molecule is CCCCCCCCCCCCC/C=C/CC/C=C/C(O)C(COP(=O)(O)OCC[N+](C)(C)C)NC(=O)CCCCCCCCCCCCCCCCCCCCCCCCCCCCCCCCCCCCCCC. The second-order valence-corrected chi connectivity index (χ2v) is 26.0. The summed E-state index contributed by atoms with van der Waals surface area (Å²) in [6.45, 7) is 4.84. The van der Waals surface area contributed by atoms with E-state index in [1.807, 2.05) is 27.2 Å². The maximum Gasteiger partial charge on any atom is 0.472 e. The van der Waals surface area contributed by atoms with Gasteiger partial charge in [-0.25, -0.2) is 4.57 Å². The van der Waals surface area contributed by atoms with Crippen molar-refractivity contribution in [3.05, 3.63) is 24.3 Å². The van der Waals surface area contributed by atoms with Crippen LogP contribution in [0.25, 0.3) is 0 Å². The fourth-order valence-electron chi connectivity index (χ4n) is 10.4. The fraction of sp³-hybridized carbons (Fsp3) is 0.925. The van der Waals surface area contributed by atoms with E-state index in [9.17, 15) is 19.4 Å². The van der Waals surface area contributed by atoms with E-state index >= 15 is 0 Å². The van der Waals surface area contributed by atoms with Gasteiger partial charge < -0.3 is 19.8 Å². The monoisotopic (exact) mass is 1090 g/mol. The van der Waals surface area contributed by atoms with Crippen LogP contribution < -0.4 is 5.32 Å². The Bertz CT molecular complexity index is 1290. The van der Waals surface area contributed by atoms with Crippen molar-refractivity contribution in [3.63, 3.8) is 0 Å². The van der Waals surface area contributed by atoms with Crippen LogP contribution in [0.2, 0.25) is 0 Å². The molecule has 0 bridgehead atoms. The van der Waals surface area contributed by atoms with E-state index in [1.54, 1.807) is 6.08 Å². The lowest BCUT2D eigenvalue weighted by Crippen LogP contribution is -2.45. The van der Waals surface area contributed by atoms with Crippen molar-refractivity contribution in [1.82, 2.24) is 5.32 Å². The van der Waals surface area contributed by atoms with Gasteiger partial charge >= 0.3 is 7.82 Å². The molecule has 76 heavy (non-hydrogen) atoms. The van der Waals surface area contributed by atoms with Gasteiger partial charge in [-0.1, -0.05) is 334 Å². The number of nitrogens with zero attached hydrogens (tertiary/aromatic N) is 1. The van der Waals surface area contributed by atoms with Crippen molar-refractivity contribution in [2.75, 3.05) is 40.9 Å². The van der Waals surface area contributed by atoms with Crippen LogP contribution in [0.4, 0.5) is 0 Å². The van der Waals surface area contributed by atoms with E-state index < -0.39 is 20.0 Å². The number of aliphatic hydroxyl groups is 1. The highest BCUT2D eigenvalue weighted by molar-refractivity contribution is 7.47. The topological polar surface area (TPSA) is 105 Å². The number of carbonyl (C=O) groups is 1. The quantitative estimate of drug-likeness (QED) is 0.0243. The number of likely N-dealkylation sites (N-methyl/N-ethyl adjacent to an activating group) is 1. The van der Waals surface area contributed by atoms with E-state index in [0.29, 0.717) is 17.4 Å². The van der Waals surface area contributed by atoms with Crippen LogP contribution in [0.3, 0.4) is 0 Å². The van der Waals surface area contributed by atoms with E-state index in [2.05, 4.69) is 31.3 Å². The Morgan fingerprint density at radius 1 is 0.434 bits per heavy atom. The molecule has 3 unspecified atom stereocenters. The molecule has 0 aromatic carbocycles. The number of hydrogen-bond acceptors (Lipinski definition) is 5. The second kappa shape index (κ2) is 58.6. The molecule has 0 saturated heterocycles. The molecule has 0 rings (SSSR count). The normalized spacial score (nSPS) is 13.8. The molecule has 0 spiro atoms. The predicted molar refractivity (Wildman–Crippen MR) is 332 cm³/mol. The highest BCUT2D eigenvalue weighted by Gasteiger charge is 2.28. The molecule has 0 heterocycles. The van der Waals surface area contributed by atoms with Crippen LogP contribution >= 0.6 is 7.82 Å². The Morgan fingerprint density at radius 2 is 0.724 bits per heavy atom. The predicted octanol–water partition coefficient (Wildman–Crippen LogP) is 21.1. The number of phosphoric ester groups is 1. The molecule has 0 aliphatic carbocycles. The molecule has 0 aromatic heterocycles. The van der Waals surface area contributed by atoms with Gasteiger partial charge in [-0.3, -0.25) is 13.8 Å². The zero-order valence-corrected chi connectivity index (χ0v) is 52.7. The maximum atomic E-state index is 13.0. The van der Waals surface area contributed by atoms with Gasteiger partial charge in [0.25, 0.3) is 0 Å². The lowest BCUT2D eigenvalue weighted by atomic mass is 10.0. The van der Waals surface area contributed by atoms with Gasteiger partial charge in [0.1, 0.15) is 13.2 Å². The summed E-state index contributed by atoms with van der Waals surface area (Å²) in [5.41, 5.74) is 0. The molecule has 1 amide bonds. The molecule has 8 nitrogen and oxygen atoms in total. The Balaban J connectivity index is 3.93. The van der Waals surface area contributed by atoms with Gasteiger partial charge in [-0.15, -0.1) is 0 Å². The Morgan fingerprint density at radius 3 is 1.05 bits per heavy atom. The summed E-state index contributed by atoms with van der Waals surface area (Å²) in [7, 11) is 1.57. The highest BCUT2D eigenvalue weighted by Crippen LogP contribution is 2.43. The zero-order valence-electron chi connectivity index (χ0n) is 51.8. The first-order valence-corrected chi connectivity index (χ1v) is 35.2. The molecule has 0 saturated carbocycles. The minimum absolute atomic E-state index is 0.0588. The number of allylic oxidation sites excluding steroid dienone is 3. The largest absolute Gasteiger partial charge is 0.472 e. The summed E-state index contributed by atoms with van der Waals surface area (Å²) in [6, 6.07) is -0.860. The summed E-state index contributed by atoms with van der Waals surface area (Å²) in [5, 5.41) is 13.9. The first-order chi connectivity index (χ1) is 37.0. The van der Waals surface area contributed by atoms with E-state index in [-0.39, 0.29) is 19.1 Å². The van der Waals surface area contributed by atoms with Crippen LogP contribution in [-0.4, -0.2) is 73.4 Å². The number of carbonyl (C=O) groups excluding carboxylic acids is 1. The van der Waals surface area contributed by atoms with Crippen molar-refractivity contribution in [3.8, 4) is 0 Å². The highest BCUT2D eigenvalue weighted by atomic mass is 31.2. The number of quaternary nitrogens is 1. The first kappa shape index (κ1) is 75.0. The van der Waals surface area contributed by atoms with Crippen molar-refractivity contribution in [2.24, 2.45) is 0 Å². The number of aliphatic hydroxyl groups excluding tert-OH is 1. The van der Waals surface area contributed by atoms with Crippen molar-refractivity contribution < 1.29 is 32.9 Å². The number of hydrogen-bond donors (Lipinski definition) is 3. The van der Waals surface area contributed by atoms with Gasteiger partial charge in [0.2, 0.25) is 5.91 Å². The molecule has 0 aliphatic heterocycles. The van der Waals surface area contributed by atoms with Crippen LogP contribution in [0.15, 0.2) is 24.3 Å². The molecule has 9 heteroatoms. The Labute approximate surface area is 474 Å². The van der Waals surface area contributed by atoms with Gasteiger partial charge in [-0.2, -0.15) is 0 Å². The summed E-state index contributed by atoms with van der Waals surface area (Å²) < 4.78 is 23.7. The maximum absolute atomic E-state index is 13.0. The van der Waals surface area contributed by atoms with Crippen LogP contribution in [-0.2, 0) is 18.4 Å². The van der Waals surface area contributed by atoms with E-state index in [4.69, 9.17) is 9.05 Å². The molecule has 0 radical (unpaired) electrons. The van der Waals surface area contributed by atoms with Gasteiger partial charge in [0.15, 0.2) is 0 Å². The third-order valence-electron chi connectivity index (χ3n) is 15.7.